The highest BCUT2D eigenvalue weighted by atomic mass is 32.2. The third-order valence-corrected chi connectivity index (χ3v) is 3.74. The van der Waals surface area contributed by atoms with Gasteiger partial charge in [0.2, 0.25) is 0 Å². The Balaban J connectivity index is 2.23. The van der Waals surface area contributed by atoms with Gasteiger partial charge in [0.1, 0.15) is 0 Å². The number of carbonyl (C=O) groups excluding carboxylic acids is 1. The Kier molecular flexibility index (Phi) is 7.70. The zero-order chi connectivity index (χ0) is 15.7. The maximum atomic E-state index is 11.2. The summed E-state index contributed by atoms with van der Waals surface area (Å²) < 4.78 is 7.70. The van der Waals surface area contributed by atoms with E-state index in [1.807, 2.05) is 6.92 Å². The molecule has 0 fully saturated rings. The number of rotatable bonds is 9. The maximum absolute atomic E-state index is 11.2. The largest absolute Gasteiger partial charge is 0.469 e. The molecule has 0 spiro atoms. The first kappa shape index (κ1) is 17.4. The van der Waals surface area contributed by atoms with Gasteiger partial charge in [0, 0.05) is 18.8 Å². The van der Waals surface area contributed by atoms with Gasteiger partial charge >= 0.3 is 11.7 Å². The van der Waals surface area contributed by atoms with E-state index in [0.29, 0.717) is 11.6 Å². The Morgan fingerprint density at radius 2 is 2.33 bits per heavy atom. The fraction of sp³-hybridized carbons (Fsp3) is 0.538. The summed E-state index contributed by atoms with van der Waals surface area (Å²) in [5.74, 6) is -0.291. The summed E-state index contributed by atoms with van der Waals surface area (Å²) in [6.45, 7) is 2.53. The topological polar surface area (TPSA) is 94.4 Å². The molecule has 1 heterocycles. The van der Waals surface area contributed by atoms with E-state index in [-0.39, 0.29) is 17.6 Å². The molecule has 21 heavy (non-hydrogen) atoms. The molecule has 1 aromatic rings. The number of pyridine rings is 1. The number of carbonyl (C=O) groups is 1. The zero-order valence-electron chi connectivity index (χ0n) is 12.1. The van der Waals surface area contributed by atoms with Crippen molar-refractivity contribution in [3.63, 3.8) is 0 Å². The van der Waals surface area contributed by atoms with Crippen LogP contribution in [-0.4, -0.2) is 29.5 Å². The third-order valence-electron chi connectivity index (χ3n) is 2.89. The van der Waals surface area contributed by atoms with E-state index in [1.54, 1.807) is 0 Å². The van der Waals surface area contributed by atoms with Crippen LogP contribution in [0.2, 0.25) is 0 Å². The highest BCUT2D eigenvalue weighted by Gasteiger charge is 2.14. The molecule has 7 nitrogen and oxygen atoms in total. The second kappa shape index (κ2) is 9.30. The Bertz CT molecular complexity index is 484. The van der Waals surface area contributed by atoms with E-state index in [2.05, 4.69) is 14.4 Å². The van der Waals surface area contributed by atoms with Crippen molar-refractivity contribution in [2.45, 2.75) is 31.2 Å². The Hall–Kier alpha value is -1.67. The quantitative estimate of drug-likeness (QED) is 0.246. The van der Waals surface area contributed by atoms with Crippen LogP contribution >= 0.6 is 11.9 Å². The number of aromatic nitrogens is 1. The molecular weight excluding hydrogens is 294 g/mol. The maximum Gasteiger partial charge on any atom is 0.308 e. The van der Waals surface area contributed by atoms with Crippen molar-refractivity contribution in [3.8, 4) is 0 Å². The van der Waals surface area contributed by atoms with Crippen molar-refractivity contribution in [1.29, 1.82) is 0 Å². The highest BCUT2D eigenvalue weighted by molar-refractivity contribution is 7.97. The smallest absolute Gasteiger partial charge is 0.308 e. The predicted molar refractivity (Wildman–Crippen MR) is 79.8 cm³/mol. The first-order chi connectivity index (χ1) is 10.1. The van der Waals surface area contributed by atoms with Crippen molar-refractivity contribution in [2.24, 2.45) is 5.92 Å². The van der Waals surface area contributed by atoms with Gasteiger partial charge in [0.05, 0.1) is 18.0 Å². The molecule has 0 saturated heterocycles. The lowest BCUT2D eigenvalue weighted by atomic mass is 10.0. The number of nitro groups is 1. The lowest BCUT2D eigenvalue weighted by Gasteiger charge is -2.08. The first-order valence-corrected chi connectivity index (χ1v) is 7.44. The summed E-state index contributed by atoms with van der Waals surface area (Å²) in [6.07, 6.45) is 4.04. The second-order valence-electron chi connectivity index (χ2n) is 4.50. The van der Waals surface area contributed by atoms with Crippen LogP contribution in [0.3, 0.4) is 0 Å². The molecule has 1 aromatic heterocycles. The van der Waals surface area contributed by atoms with Gasteiger partial charge in [-0.05, 0) is 30.9 Å². The molecule has 0 aromatic carbocycles. The lowest BCUT2D eigenvalue weighted by Crippen LogP contribution is -2.13. The molecule has 0 radical (unpaired) electrons. The molecule has 0 bridgehead atoms. The van der Waals surface area contributed by atoms with Gasteiger partial charge in [-0.3, -0.25) is 19.6 Å². The van der Waals surface area contributed by atoms with Crippen molar-refractivity contribution in [2.75, 3.05) is 13.7 Å². The molecular formula is C13H19N3O4S. The first-order valence-electron chi connectivity index (χ1n) is 6.63. The minimum Gasteiger partial charge on any atom is -0.469 e. The van der Waals surface area contributed by atoms with Gasteiger partial charge in [-0.1, -0.05) is 13.3 Å². The lowest BCUT2D eigenvalue weighted by molar-refractivity contribution is -0.388. The van der Waals surface area contributed by atoms with E-state index in [1.165, 1.54) is 25.4 Å². The van der Waals surface area contributed by atoms with Crippen molar-refractivity contribution < 1.29 is 14.5 Å². The minimum atomic E-state index is -0.449. The number of esters is 1. The zero-order valence-corrected chi connectivity index (χ0v) is 12.9. The minimum absolute atomic E-state index is 0.00527. The Morgan fingerprint density at radius 1 is 1.57 bits per heavy atom. The van der Waals surface area contributed by atoms with Crippen LogP contribution in [-0.2, 0) is 9.53 Å². The SMILES string of the molecule is COC(=O)C(C)CCCCNSc1ncccc1[N+](=O)[O-]. The van der Waals surface area contributed by atoms with E-state index < -0.39 is 4.92 Å². The molecule has 116 valence electrons. The second-order valence-corrected chi connectivity index (χ2v) is 5.38. The van der Waals surface area contributed by atoms with E-state index in [9.17, 15) is 14.9 Å². The highest BCUT2D eigenvalue weighted by Crippen LogP contribution is 2.23. The number of nitrogens with zero attached hydrogens (tertiary/aromatic N) is 2. The summed E-state index contributed by atoms with van der Waals surface area (Å²) in [7, 11) is 1.39. The molecule has 0 aliphatic heterocycles. The third kappa shape index (κ3) is 6.09. The molecule has 0 aliphatic rings. The number of unbranched alkanes of at least 4 members (excludes halogenated alkanes) is 1. The molecule has 1 rings (SSSR count). The van der Waals surface area contributed by atoms with Crippen LogP contribution < -0.4 is 4.72 Å². The summed E-state index contributed by atoms with van der Waals surface area (Å²) in [5, 5.41) is 11.2. The predicted octanol–water partition coefficient (Wildman–Crippen LogP) is 2.57. The summed E-state index contributed by atoms with van der Waals surface area (Å²) in [6, 6.07) is 2.96. The van der Waals surface area contributed by atoms with Crippen LogP contribution in [0.15, 0.2) is 23.4 Å². The monoisotopic (exact) mass is 313 g/mol. The van der Waals surface area contributed by atoms with Gasteiger partial charge in [-0.2, -0.15) is 0 Å². The van der Waals surface area contributed by atoms with Crippen molar-refractivity contribution in [1.82, 2.24) is 9.71 Å². The van der Waals surface area contributed by atoms with Crippen molar-refractivity contribution in [3.05, 3.63) is 28.4 Å². The molecule has 1 N–H and O–H groups in total. The average molecular weight is 313 g/mol. The van der Waals surface area contributed by atoms with Crippen molar-refractivity contribution >= 4 is 23.6 Å². The number of ether oxygens (including phenoxy) is 1. The van der Waals surface area contributed by atoms with Gasteiger partial charge in [0.25, 0.3) is 0 Å². The van der Waals surface area contributed by atoms with Gasteiger partial charge < -0.3 is 4.74 Å². The van der Waals surface area contributed by atoms with Crippen LogP contribution in [0.5, 0.6) is 0 Å². The molecule has 0 amide bonds. The molecule has 1 unspecified atom stereocenters. The van der Waals surface area contributed by atoms with Crippen LogP contribution in [0, 0.1) is 16.0 Å². The van der Waals surface area contributed by atoms with Gasteiger partial charge in [-0.15, -0.1) is 0 Å². The standard InChI is InChI=1S/C13H19N3O4S/c1-10(13(17)20-2)6-3-4-9-15-21-12-11(16(18)19)7-5-8-14-12/h5,7-8,10,15H,3-4,6,9H2,1-2H3. The molecule has 8 heteroatoms. The van der Waals surface area contributed by atoms with E-state index >= 15 is 0 Å². The number of methoxy groups -OCH3 is 1. The fourth-order valence-electron chi connectivity index (χ4n) is 1.69. The van der Waals surface area contributed by atoms with E-state index in [4.69, 9.17) is 0 Å². The van der Waals surface area contributed by atoms with Crippen LogP contribution in [0.1, 0.15) is 26.2 Å². The summed E-state index contributed by atoms with van der Waals surface area (Å²) in [4.78, 5) is 25.5. The van der Waals surface area contributed by atoms with Crippen LogP contribution in [0.4, 0.5) is 5.69 Å². The van der Waals surface area contributed by atoms with Crippen LogP contribution in [0.25, 0.3) is 0 Å². The number of hydrogen-bond donors (Lipinski definition) is 1. The Morgan fingerprint density at radius 3 is 3.00 bits per heavy atom. The Labute approximate surface area is 127 Å². The molecule has 1 atom stereocenters. The summed E-state index contributed by atoms with van der Waals surface area (Å²) in [5.41, 5.74) is -0.00527. The molecule has 0 saturated carbocycles. The molecule has 0 aliphatic carbocycles. The van der Waals surface area contributed by atoms with E-state index in [0.717, 1.165) is 31.2 Å². The average Bonchev–Trinajstić information content (AvgIpc) is 2.49. The normalized spacial score (nSPS) is 11.9. The summed E-state index contributed by atoms with van der Waals surface area (Å²) >= 11 is 1.15. The van der Waals surface area contributed by atoms with Gasteiger partial charge in [-0.25, -0.2) is 4.98 Å². The number of nitrogens with one attached hydrogen (secondary N) is 1. The fourth-order valence-corrected chi connectivity index (χ4v) is 2.43. The number of hydrogen-bond acceptors (Lipinski definition) is 7. The van der Waals surface area contributed by atoms with Gasteiger partial charge in [0.15, 0.2) is 5.03 Å².